The van der Waals surface area contributed by atoms with Gasteiger partial charge in [-0.2, -0.15) is 0 Å². The Morgan fingerprint density at radius 2 is 2.43 bits per heavy atom. The molecule has 0 saturated carbocycles. The molecular weight excluding hydrogens is 176 g/mol. The molecule has 1 aliphatic heterocycles. The highest BCUT2D eigenvalue weighted by atomic mass is 16.5. The van der Waals surface area contributed by atoms with Gasteiger partial charge in [-0.05, 0) is 30.9 Å². The van der Waals surface area contributed by atoms with E-state index in [-0.39, 0.29) is 11.9 Å². The van der Waals surface area contributed by atoms with Crippen molar-refractivity contribution in [2.75, 3.05) is 0 Å². The number of hydrogen-bond donors (Lipinski definition) is 0. The molecule has 0 saturated heterocycles. The number of carbonyl (C=O) groups excluding carboxylic acids is 1. The maximum absolute atomic E-state index is 11.5. The zero-order chi connectivity index (χ0) is 9.97. The Balaban J connectivity index is 2.11. The van der Waals surface area contributed by atoms with Gasteiger partial charge < -0.3 is 4.74 Å². The van der Waals surface area contributed by atoms with Crippen LogP contribution in [0, 0.1) is 5.92 Å². The van der Waals surface area contributed by atoms with Crippen LogP contribution in [0.4, 0.5) is 0 Å². The molecule has 1 aliphatic carbocycles. The third kappa shape index (κ3) is 1.61. The quantitative estimate of drug-likeness (QED) is 0.642. The lowest BCUT2D eigenvalue weighted by atomic mass is 9.89. The molecule has 0 fully saturated rings. The highest BCUT2D eigenvalue weighted by molar-refractivity contribution is 5.81. The summed E-state index contributed by atoms with van der Waals surface area (Å²) in [6.45, 7) is 2.15. The third-order valence-corrected chi connectivity index (χ3v) is 2.93. The summed E-state index contributed by atoms with van der Waals surface area (Å²) >= 11 is 0. The lowest BCUT2D eigenvalue weighted by Gasteiger charge is -2.11. The molecule has 76 valence electrons. The molecule has 2 aliphatic rings. The summed E-state index contributed by atoms with van der Waals surface area (Å²) < 4.78 is 5.23. The molecule has 0 amide bonds. The number of allylic oxidation sites excluding steroid dienone is 2. The van der Waals surface area contributed by atoms with Gasteiger partial charge in [0.1, 0.15) is 5.76 Å². The molecule has 0 radical (unpaired) electrons. The minimum atomic E-state index is -0.0324. The fraction of sp³-hybridized carbons (Fsp3) is 0.583. The first-order valence-corrected chi connectivity index (χ1v) is 5.44. The normalized spacial score (nSPS) is 25.2. The van der Waals surface area contributed by atoms with Crippen molar-refractivity contribution in [2.24, 2.45) is 5.92 Å². The monoisotopic (exact) mass is 192 g/mol. The van der Waals surface area contributed by atoms with Crippen LogP contribution in [-0.2, 0) is 9.53 Å². The first-order valence-electron chi connectivity index (χ1n) is 5.44. The summed E-state index contributed by atoms with van der Waals surface area (Å²) in [6, 6.07) is 0. The third-order valence-electron chi connectivity index (χ3n) is 2.93. The molecular formula is C12H16O2. The standard InChI is InChI=1S/C12H16O2/c1-2-3-6-10-9-7-4-5-8-11(9)14-12(10)13/h5,8,10H,2-4,6-7H2,1H3. The molecule has 2 heteroatoms. The van der Waals surface area contributed by atoms with E-state index in [9.17, 15) is 4.79 Å². The van der Waals surface area contributed by atoms with Crippen molar-refractivity contribution < 1.29 is 9.53 Å². The van der Waals surface area contributed by atoms with Gasteiger partial charge in [0, 0.05) is 0 Å². The van der Waals surface area contributed by atoms with Gasteiger partial charge in [-0.3, -0.25) is 4.79 Å². The number of unbranched alkanes of at least 4 members (excludes halogenated alkanes) is 1. The van der Waals surface area contributed by atoms with Crippen LogP contribution in [0.15, 0.2) is 23.5 Å². The highest BCUT2D eigenvalue weighted by Crippen LogP contribution is 2.36. The minimum absolute atomic E-state index is 0.0324. The van der Waals surface area contributed by atoms with Crippen LogP contribution < -0.4 is 0 Å². The van der Waals surface area contributed by atoms with Crippen molar-refractivity contribution in [1.29, 1.82) is 0 Å². The summed E-state index contributed by atoms with van der Waals surface area (Å²) in [5.41, 5.74) is 1.24. The van der Waals surface area contributed by atoms with Gasteiger partial charge >= 0.3 is 5.97 Å². The maximum atomic E-state index is 11.5. The van der Waals surface area contributed by atoms with Crippen molar-refractivity contribution in [3.8, 4) is 0 Å². The molecule has 2 nitrogen and oxygen atoms in total. The van der Waals surface area contributed by atoms with Gasteiger partial charge in [-0.25, -0.2) is 0 Å². The van der Waals surface area contributed by atoms with Crippen LogP contribution in [0.5, 0.6) is 0 Å². The van der Waals surface area contributed by atoms with Crippen LogP contribution in [-0.4, -0.2) is 5.97 Å². The van der Waals surface area contributed by atoms with E-state index in [1.807, 2.05) is 6.08 Å². The number of ether oxygens (including phenoxy) is 1. The molecule has 2 rings (SSSR count). The largest absolute Gasteiger partial charge is 0.426 e. The first-order chi connectivity index (χ1) is 6.83. The molecule has 1 unspecified atom stereocenters. The number of rotatable bonds is 3. The summed E-state index contributed by atoms with van der Waals surface area (Å²) in [6.07, 6.45) is 9.30. The van der Waals surface area contributed by atoms with Crippen LogP contribution in [0.2, 0.25) is 0 Å². The van der Waals surface area contributed by atoms with E-state index >= 15 is 0 Å². The summed E-state index contributed by atoms with van der Waals surface area (Å²) in [4.78, 5) is 11.5. The Labute approximate surface area is 84.6 Å². The predicted molar refractivity (Wildman–Crippen MR) is 54.5 cm³/mol. The van der Waals surface area contributed by atoms with Gasteiger partial charge in [0.15, 0.2) is 0 Å². The average molecular weight is 192 g/mol. The van der Waals surface area contributed by atoms with Gasteiger partial charge in [-0.15, -0.1) is 0 Å². The zero-order valence-electron chi connectivity index (χ0n) is 8.58. The molecule has 0 aromatic rings. The van der Waals surface area contributed by atoms with Crippen LogP contribution >= 0.6 is 0 Å². The smallest absolute Gasteiger partial charge is 0.318 e. The number of carbonyl (C=O) groups is 1. The van der Waals surface area contributed by atoms with Gasteiger partial charge in [0.2, 0.25) is 0 Å². The number of esters is 1. The summed E-state index contributed by atoms with van der Waals surface area (Å²) in [5.74, 6) is 0.868. The molecule has 1 atom stereocenters. The van der Waals surface area contributed by atoms with Crippen LogP contribution in [0.1, 0.15) is 39.0 Å². The molecule has 0 spiro atoms. The van der Waals surface area contributed by atoms with E-state index in [1.165, 1.54) is 5.57 Å². The second-order valence-electron chi connectivity index (χ2n) is 3.95. The molecule has 14 heavy (non-hydrogen) atoms. The van der Waals surface area contributed by atoms with Gasteiger partial charge in [0.25, 0.3) is 0 Å². The Bertz CT molecular complexity index is 299. The SMILES string of the molecule is CCCCC1C(=O)OC2=C1CCC=C2. The predicted octanol–water partition coefficient (Wildman–Crippen LogP) is 2.95. The lowest BCUT2D eigenvalue weighted by Crippen LogP contribution is -2.11. The lowest BCUT2D eigenvalue weighted by molar-refractivity contribution is -0.139. The topological polar surface area (TPSA) is 26.3 Å². The fourth-order valence-corrected chi connectivity index (χ4v) is 2.13. The van der Waals surface area contributed by atoms with Crippen molar-refractivity contribution in [3.05, 3.63) is 23.5 Å². The van der Waals surface area contributed by atoms with E-state index in [0.717, 1.165) is 37.9 Å². The zero-order valence-corrected chi connectivity index (χ0v) is 8.58. The Morgan fingerprint density at radius 1 is 1.57 bits per heavy atom. The Hall–Kier alpha value is -1.05. The van der Waals surface area contributed by atoms with Gasteiger partial charge in [-0.1, -0.05) is 25.8 Å². The van der Waals surface area contributed by atoms with E-state index in [4.69, 9.17) is 4.74 Å². The molecule has 0 aromatic carbocycles. The van der Waals surface area contributed by atoms with Gasteiger partial charge in [0.05, 0.1) is 5.92 Å². The molecule has 0 N–H and O–H groups in total. The van der Waals surface area contributed by atoms with E-state index in [1.54, 1.807) is 0 Å². The van der Waals surface area contributed by atoms with Crippen LogP contribution in [0.3, 0.4) is 0 Å². The van der Waals surface area contributed by atoms with Crippen LogP contribution in [0.25, 0.3) is 0 Å². The Kier molecular flexibility index (Phi) is 2.71. The van der Waals surface area contributed by atoms with E-state index < -0.39 is 0 Å². The second kappa shape index (κ2) is 3.99. The molecule has 0 bridgehead atoms. The maximum Gasteiger partial charge on any atom is 0.318 e. The summed E-state index contributed by atoms with van der Waals surface area (Å²) in [7, 11) is 0. The summed E-state index contributed by atoms with van der Waals surface area (Å²) in [5, 5.41) is 0. The van der Waals surface area contributed by atoms with Crippen molar-refractivity contribution >= 4 is 5.97 Å². The average Bonchev–Trinajstić information content (AvgIpc) is 2.51. The highest BCUT2D eigenvalue weighted by Gasteiger charge is 2.34. The van der Waals surface area contributed by atoms with Crippen molar-refractivity contribution in [1.82, 2.24) is 0 Å². The Morgan fingerprint density at radius 3 is 3.21 bits per heavy atom. The minimum Gasteiger partial charge on any atom is -0.426 e. The number of hydrogen-bond acceptors (Lipinski definition) is 2. The fourth-order valence-electron chi connectivity index (χ4n) is 2.13. The van der Waals surface area contributed by atoms with E-state index in [0.29, 0.717) is 0 Å². The molecule has 1 heterocycles. The van der Waals surface area contributed by atoms with Crippen molar-refractivity contribution in [2.45, 2.75) is 39.0 Å². The first kappa shape index (κ1) is 9.50. The van der Waals surface area contributed by atoms with Crippen molar-refractivity contribution in [3.63, 3.8) is 0 Å². The van der Waals surface area contributed by atoms with E-state index in [2.05, 4.69) is 13.0 Å². The second-order valence-corrected chi connectivity index (χ2v) is 3.95. The molecule has 0 aromatic heterocycles.